The molecular weight excluding hydrogens is 474 g/mol. The molecule has 0 saturated carbocycles. The summed E-state index contributed by atoms with van der Waals surface area (Å²) in [5.74, 6) is 0.119. The van der Waals surface area contributed by atoms with Crippen LogP contribution >= 0.6 is 15.9 Å². The maximum atomic E-state index is 12.3. The molecule has 4 aromatic rings. The van der Waals surface area contributed by atoms with Crippen LogP contribution in [0.25, 0.3) is 10.8 Å². The Bertz CT molecular complexity index is 1270. The molecule has 4 rings (SSSR count). The van der Waals surface area contributed by atoms with Crippen LogP contribution in [-0.4, -0.2) is 23.7 Å². The molecule has 0 aliphatic rings. The van der Waals surface area contributed by atoms with Crippen molar-refractivity contribution in [2.24, 2.45) is 5.10 Å². The number of fused-ring (bicyclic) bond motifs is 1. The number of nitrogens with zero attached hydrogens (tertiary/aromatic N) is 2. The van der Waals surface area contributed by atoms with Crippen LogP contribution in [0, 0.1) is 0 Å². The first-order valence-corrected chi connectivity index (χ1v) is 10.7. The Morgan fingerprint density at radius 1 is 1.16 bits per heavy atom. The van der Waals surface area contributed by atoms with E-state index in [-0.39, 0.29) is 11.8 Å². The molecule has 0 atom stereocenters. The van der Waals surface area contributed by atoms with Crippen molar-refractivity contribution in [1.82, 2.24) is 10.4 Å². The molecule has 0 unspecified atom stereocenters. The number of amides is 1. The zero-order chi connectivity index (χ0) is 22.3. The van der Waals surface area contributed by atoms with E-state index in [1.165, 1.54) is 6.20 Å². The maximum absolute atomic E-state index is 12.3. The number of benzene rings is 3. The summed E-state index contributed by atoms with van der Waals surface area (Å²) in [5.41, 5.74) is 4.21. The average Bonchev–Trinajstić information content (AvgIpc) is 3.27. The van der Waals surface area contributed by atoms with Gasteiger partial charge in [0, 0.05) is 10.0 Å². The quantitative estimate of drug-likeness (QED) is 0.264. The Labute approximate surface area is 193 Å². The van der Waals surface area contributed by atoms with E-state index in [0.717, 1.165) is 26.4 Å². The molecule has 32 heavy (non-hydrogen) atoms. The highest BCUT2D eigenvalue weighted by Gasteiger charge is 2.13. The first-order valence-electron chi connectivity index (χ1n) is 9.95. The molecule has 1 amide bonds. The van der Waals surface area contributed by atoms with Crippen molar-refractivity contribution in [3.8, 4) is 11.7 Å². The van der Waals surface area contributed by atoms with E-state index < -0.39 is 5.91 Å². The molecule has 8 heteroatoms. The number of oxazole rings is 1. The highest BCUT2D eigenvalue weighted by atomic mass is 79.9. The minimum absolute atomic E-state index is 0.130. The Kier molecular flexibility index (Phi) is 6.81. The van der Waals surface area contributed by atoms with Crippen molar-refractivity contribution in [2.75, 3.05) is 6.61 Å². The first kappa shape index (κ1) is 21.6. The molecule has 0 fully saturated rings. The van der Waals surface area contributed by atoms with Crippen molar-refractivity contribution in [1.29, 1.82) is 0 Å². The molecule has 0 bridgehead atoms. The number of hydrogen-bond donors (Lipinski definition) is 1. The van der Waals surface area contributed by atoms with Crippen LogP contribution in [0.5, 0.6) is 11.7 Å². The van der Waals surface area contributed by atoms with Gasteiger partial charge < -0.3 is 13.9 Å². The Morgan fingerprint density at radius 2 is 2.03 bits per heavy atom. The number of rotatable bonds is 8. The molecule has 7 nitrogen and oxygen atoms in total. The monoisotopic (exact) mass is 493 g/mol. The van der Waals surface area contributed by atoms with Gasteiger partial charge in [-0.3, -0.25) is 4.79 Å². The molecular formula is C24H20BrN3O4. The lowest BCUT2D eigenvalue weighted by molar-refractivity contribution is 0.0912. The number of aromatic nitrogens is 1. The second kappa shape index (κ2) is 10.1. The second-order valence-corrected chi connectivity index (χ2v) is 7.65. The predicted octanol–water partition coefficient (Wildman–Crippen LogP) is 5.33. The van der Waals surface area contributed by atoms with Gasteiger partial charge in [0.25, 0.3) is 5.89 Å². The summed E-state index contributed by atoms with van der Waals surface area (Å²) in [6.07, 6.45) is 2.91. The van der Waals surface area contributed by atoms with Crippen LogP contribution in [0.2, 0.25) is 0 Å². The Morgan fingerprint density at radius 3 is 2.88 bits per heavy atom. The molecule has 0 radical (unpaired) electrons. The molecule has 1 heterocycles. The third-order valence-electron chi connectivity index (χ3n) is 4.54. The van der Waals surface area contributed by atoms with Gasteiger partial charge in [0.05, 0.1) is 12.8 Å². The zero-order valence-corrected chi connectivity index (χ0v) is 18.8. The predicted molar refractivity (Wildman–Crippen MR) is 125 cm³/mol. The zero-order valence-electron chi connectivity index (χ0n) is 17.2. The highest BCUT2D eigenvalue weighted by molar-refractivity contribution is 9.10. The van der Waals surface area contributed by atoms with Crippen LogP contribution in [0.4, 0.5) is 0 Å². The fourth-order valence-corrected chi connectivity index (χ4v) is 3.55. The molecule has 3 aromatic carbocycles. The van der Waals surface area contributed by atoms with Crippen molar-refractivity contribution in [3.05, 3.63) is 88.4 Å². The van der Waals surface area contributed by atoms with Crippen LogP contribution < -0.4 is 14.9 Å². The van der Waals surface area contributed by atoms with Gasteiger partial charge in [-0.1, -0.05) is 58.4 Å². The summed E-state index contributed by atoms with van der Waals surface area (Å²) in [5, 5.41) is 6.08. The fraction of sp³-hybridized carbons (Fsp3) is 0.125. The van der Waals surface area contributed by atoms with Crippen molar-refractivity contribution < 1.29 is 18.7 Å². The first-order chi connectivity index (χ1) is 15.6. The van der Waals surface area contributed by atoms with E-state index in [9.17, 15) is 4.79 Å². The van der Waals surface area contributed by atoms with Crippen LogP contribution in [0.1, 0.15) is 28.7 Å². The largest absolute Gasteiger partial charge is 0.488 e. The summed E-state index contributed by atoms with van der Waals surface area (Å²) in [4.78, 5) is 16.2. The molecule has 162 valence electrons. The van der Waals surface area contributed by atoms with E-state index in [2.05, 4.69) is 31.4 Å². The lowest BCUT2D eigenvalue weighted by Crippen LogP contribution is -2.18. The van der Waals surface area contributed by atoms with E-state index in [4.69, 9.17) is 13.9 Å². The molecule has 0 spiro atoms. The van der Waals surface area contributed by atoms with Crippen molar-refractivity contribution in [3.63, 3.8) is 0 Å². The van der Waals surface area contributed by atoms with Gasteiger partial charge in [0.1, 0.15) is 18.6 Å². The van der Waals surface area contributed by atoms with Gasteiger partial charge in [-0.2, -0.15) is 5.10 Å². The topological polar surface area (TPSA) is 86.0 Å². The third-order valence-corrected chi connectivity index (χ3v) is 5.03. The van der Waals surface area contributed by atoms with E-state index in [0.29, 0.717) is 19.0 Å². The van der Waals surface area contributed by atoms with Gasteiger partial charge in [0.2, 0.25) is 0 Å². The number of nitrogens with one attached hydrogen (secondary N) is 1. The van der Waals surface area contributed by atoms with Crippen LogP contribution in [-0.2, 0) is 6.61 Å². The van der Waals surface area contributed by atoms with Crippen molar-refractivity contribution in [2.45, 2.75) is 13.5 Å². The summed E-state index contributed by atoms with van der Waals surface area (Å²) in [7, 11) is 0. The van der Waals surface area contributed by atoms with Crippen LogP contribution in [0.3, 0.4) is 0 Å². The number of halogens is 1. The number of hydrazone groups is 1. The highest BCUT2D eigenvalue weighted by Crippen LogP contribution is 2.27. The van der Waals surface area contributed by atoms with Gasteiger partial charge in [-0.15, -0.1) is 0 Å². The van der Waals surface area contributed by atoms with Gasteiger partial charge in [-0.25, -0.2) is 10.4 Å². The van der Waals surface area contributed by atoms with E-state index in [1.807, 2.05) is 67.6 Å². The molecule has 1 N–H and O–H groups in total. The van der Waals surface area contributed by atoms with E-state index >= 15 is 0 Å². The van der Waals surface area contributed by atoms with Gasteiger partial charge >= 0.3 is 11.9 Å². The Hall–Kier alpha value is -3.65. The lowest BCUT2D eigenvalue weighted by Gasteiger charge is -2.12. The molecule has 0 aliphatic carbocycles. The normalized spacial score (nSPS) is 11.1. The van der Waals surface area contributed by atoms with Crippen LogP contribution in [0.15, 0.2) is 80.9 Å². The Balaban J connectivity index is 1.55. The minimum Gasteiger partial charge on any atom is -0.488 e. The smallest absolute Gasteiger partial charge is 0.327 e. The van der Waals surface area contributed by atoms with Gasteiger partial charge in [0.15, 0.2) is 0 Å². The number of ether oxygens (including phenoxy) is 2. The average molecular weight is 494 g/mol. The fourth-order valence-electron chi connectivity index (χ4n) is 3.10. The standard InChI is InChI=1S/C24H20BrN3O4/c1-2-30-22-14-26-24(32-22)23(29)28-27-13-20-19-9-4-3-7-17(19)10-11-21(20)31-15-16-6-5-8-18(25)12-16/h3-14H,2,15H2,1H3,(H,28,29). The summed E-state index contributed by atoms with van der Waals surface area (Å²) < 4.78 is 17.5. The summed E-state index contributed by atoms with van der Waals surface area (Å²) in [6, 6.07) is 19.7. The summed E-state index contributed by atoms with van der Waals surface area (Å²) in [6.45, 7) is 2.62. The second-order valence-electron chi connectivity index (χ2n) is 6.73. The third kappa shape index (κ3) is 5.15. The molecule has 0 aliphatic heterocycles. The van der Waals surface area contributed by atoms with Gasteiger partial charge in [-0.05, 0) is 41.5 Å². The van der Waals surface area contributed by atoms with E-state index in [1.54, 1.807) is 6.21 Å². The number of carbonyl (C=O) groups is 1. The minimum atomic E-state index is -0.580. The molecule has 1 aromatic heterocycles. The SMILES string of the molecule is CCOc1cnc(C(=O)NN=Cc2c(OCc3cccc(Br)c3)ccc3ccccc23)o1. The lowest BCUT2D eigenvalue weighted by atomic mass is 10.0. The number of carbonyl (C=O) groups excluding carboxylic acids is 1. The maximum Gasteiger partial charge on any atom is 0.327 e. The molecule has 0 saturated heterocycles. The summed E-state index contributed by atoms with van der Waals surface area (Å²) >= 11 is 3.47. The number of hydrogen-bond acceptors (Lipinski definition) is 6. The van der Waals surface area contributed by atoms with Crippen molar-refractivity contribution >= 4 is 38.8 Å².